The van der Waals surface area contributed by atoms with Gasteiger partial charge < -0.3 is 5.11 Å². The molecule has 3 fully saturated rings. The number of fused-ring (bicyclic) bond motifs is 1. The second-order valence-electron chi connectivity index (χ2n) is 11.2. The van der Waals surface area contributed by atoms with Crippen molar-refractivity contribution >= 4 is 5.78 Å². The summed E-state index contributed by atoms with van der Waals surface area (Å²) in [5.74, 6) is 3.25. The molecule has 0 unspecified atom stereocenters. The smallest absolute Gasteiger partial charge is 0.157 e. The number of aliphatic hydroxyl groups is 1. The van der Waals surface area contributed by atoms with Gasteiger partial charge in [0.1, 0.15) is 6.07 Å². The van der Waals surface area contributed by atoms with Crippen molar-refractivity contribution in [1.82, 2.24) is 9.78 Å². The van der Waals surface area contributed by atoms with E-state index in [-0.39, 0.29) is 17.9 Å². The molecule has 5 nitrogen and oxygen atoms in total. The Morgan fingerprint density at radius 1 is 1.23 bits per heavy atom. The minimum absolute atomic E-state index is 0.0960. The highest BCUT2D eigenvalue weighted by Crippen LogP contribution is 2.62. The first-order valence-electron chi connectivity index (χ1n) is 12.4. The zero-order valence-electron chi connectivity index (χ0n) is 19.5. The van der Waals surface area contributed by atoms with Gasteiger partial charge in [-0.2, -0.15) is 10.4 Å². The summed E-state index contributed by atoms with van der Waals surface area (Å²) in [5.41, 5.74) is 0.139. The zero-order valence-corrected chi connectivity index (χ0v) is 19.5. The van der Waals surface area contributed by atoms with Crippen LogP contribution in [0.3, 0.4) is 0 Å². The van der Waals surface area contributed by atoms with Crippen LogP contribution in [0.1, 0.15) is 90.5 Å². The van der Waals surface area contributed by atoms with E-state index >= 15 is 0 Å². The van der Waals surface area contributed by atoms with Crippen LogP contribution in [0.5, 0.6) is 0 Å². The Kier molecular flexibility index (Phi) is 6.32. The summed E-state index contributed by atoms with van der Waals surface area (Å²) in [6.45, 7) is 6.98. The van der Waals surface area contributed by atoms with Crippen molar-refractivity contribution in [3.63, 3.8) is 0 Å². The fourth-order valence-electron chi connectivity index (χ4n) is 7.65. The Balaban J connectivity index is 1.48. The van der Waals surface area contributed by atoms with Crippen molar-refractivity contribution in [3.8, 4) is 6.07 Å². The number of hydrogen-bond donors (Lipinski definition) is 1. The molecule has 3 aliphatic rings. The van der Waals surface area contributed by atoms with Crippen molar-refractivity contribution in [2.24, 2.45) is 35.0 Å². The number of ketones is 1. The molecule has 0 bridgehead atoms. The number of Topliss-reactive ketones (excluding diaryl/α,β-unsaturated/α-hetero) is 1. The third-order valence-corrected chi connectivity index (χ3v) is 9.30. The lowest BCUT2D eigenvalue weighted by atomic mass is 9.53. The molecule has 0 amide bonds. The van der Waals surface area contributed by atoms with E-state index in [4.69, 9.17) is 5.26 Å². The highest BCUT2D eigenvalue weighted by molar-refractivity contribution is 5.82. The number of nitriles is 1. The lowest BCUT2D eigenvalue weighted by Crippen LogP contribution is -2.46. The third kappa shape index (κ3) is 4.33. The molecular formula is C26H39N3O2. The fraction of sp³-hybridized carbons (Fsp3) is 0.808. The molecule has 1 aromatic heterocycles. The lowest BCUT2D eigenvalue weighted by Gasteiger charge is -2.52. The van der Waals surface area contributed by atoms with Crippen LogP contribution in [0, 0.1) is 46.3 Å². The van der Waals surface area contributed by atoms with E-state index in [9.17, 15) is 9.90 Å². The summed E-state index contributed by atoms with van der Waals surface area (Å²) in [4.78, 5) is 13.3. The van der Waals surface area contributed by atoms with E-state index in [0.717, 1.165) is 50.4 Å². The second-order valence-corrected chi connectivity index (χ2v) is 11.2. The average Bonchev–Trinajstić information content (AvgIpc) is 3.32. The second kappa shape index (κ2) is 8.70. The molecule has 1 heterocycles. The molecule has 170 valence electrons. The Morgan fingerprint density at radius 3 is 2.61 bits per heavy atom. The van der Waals surface area contributed by atoms with Crippen LogP contribution in [0.4, 0.5) is 0 Å². The first-order chi connectivity index (χ1) is 14.8. The quantitative estimate of drug-likeness (QED) is 0.686. The van der Waals surface area contributed by atoms with E-state index < -0.39 is 5.60 Å². The van der Waals surface area contributed by atoms with E-state index in [1.165, 1.54) is 31.9 Å². The highest BCUT2D eigenvalue weighted by atomic mass is 16.3. The molecule has 3 aliphatic carbocycles. The Bertz CT molecular complexity index is 828. The van der Waals surface area contributed by atoms with E-state index in [0.29, 0.717) is 23.2 Å². The van der Waals surface area contributed by atoms with Crippen LogP contribution in [0.15, 0.2) is 12.4 Å². The summed E-state index contributed by atoms with van der Waals surface area (Å²) < 4.78 is 1.64. The van der Waals surface area contributed by atoms with Crippen LogP contribution < -0.4 is 0 Å². The molecule has 0 saturated heterocycles. The Labute approximate surface area is 187 Å². The standard InChI is InChI=1S/C26H39N3O2/c1-4-5-21-20(19-8-11-25(2,31)12-9-19)10-13-26(3)22(21)6-7-23(26)24(30)17-29-16-18(14-27)15-28-29/h15-16,19-23,31H,4-13,17H2,1-3H3/t19?,20-,21-,22+,23-,25?,26+/m1/s1. The Hall–Kier alpha value is -1.67. The van der Waals surface area contributed by atoms with Crippen LogP contribution >= 0.6 is 0 Å². The summed E-state index contributed by atoms with van der Waals surface area (Å²) >= 11 is 0. The van der Waals surface area contributed by atoms with E-state index in [2.05, 4.69) is 25.0 Å². The van der Waals surface area contributed by atoms with Crippen molar-refractivity contribution < 1.29 is 9.90 Å². The number of nitrogens with zero attached hydrogens (tertiary/aromatic N) is 3. The highest BCUT2D eigenvalue weighted by Gasteiger charge is 2.56. The number of hydrogen-bond acceptors (Lipinski definition) is 4. The molecule has 4 rings (SSSR count). The van der Waals surface area contributed by atoms with Crippen molar-refractivity contribution in [2.45, 2.75) is 97.1 Å². The summed E-state index contributed by atoms with van der Waals surface area (Å²) in [6, 6.07) is 2.09. The molecular weight excluding hydrogens is 386 g/mol. The SMILES string of the molecule is CCC[C@@H]1[C@@H](C2CCC(C)(O)CC2)CC[C@]2(C)[C@@H](C(=O)Cn3cc(C#N)cn3)CC[C@@H]12. The van der Waals surface area contributed by atoms with Gasteiger partial charge in [0.2, 0.25) is 0 Å². The maximum atomic E-state index is 13.3. The molecule has 0 aromatic carbocycles. The molecule has 1 aromatic rings. The van der Waals surface area contributed by atoms with Crippen LogP contribution in [-0.2, 0) is 11.3 Å². The molecule has 0 aliphatic heterocycles. The van der Waals surface area contributed by atoms with Gasteiger partial charge in [-0.15, -0.1) is 0 Å². The molecule has 1 N–H and O–H groups in total. The third-order valence-electron chi connectivity index (χ3n) is 9.30. The van der Waals surface area contributed by atoms with Gasteiger partial charge >= 0.3 is 0 Å². The summed E-state index contributed by atoms with van der Waals surface area (Å²) in [5, 5.41) is 23.7. The molecule has 31 heavy (non-hydrogen) atoms. The molecule has 0 spiro atoms. The first kappa shape index (κ1) is 22.5. The van der Waals surface area contributed by atoms with Gasteiger partial charge in [0.05, 0.1) is 23.9 Å². The maximum Gasteiger partial charge on any atom is 0.157 e. The zero-order chi connectivity index (χ0) is 22.2. The van der Waals surface area contributed by atoms with Gasteiger partial charge in [-0.1, -0.05) is 26.7 Å². The van der Waals surface area contributed by atoms with Gasteiger partial charge in [-0.25, -0.2) is 0 Å². The number of carbonyl (C=O) groups excluding carboxylic acids is 1. The van der Waals surface area contributed by atoms with E-state index in [1.807, 2.05) is 6.92 Å². The van der Waals surface area contributed by atoms with Crippen LogP contribution in [0.2, 0.25) is 0 Å². The Morgan fingerprint density at radius 2 is 1.97 bits per heavy atom. The molecule has 3 saturated carbocycles. The summed E-state index contributed by atoms with van der Waals surface area (Å²) in [6.07, 6.45) is 14.4. The topological polar surface area (TPSA) is 78.9 Å². The minimum Gasteiger partial charge on any atom is -0.390 e. The van der Waals surface area contributed by atoms with Gasteiger partial charge in [0.15, 0.2) is 5.78 Å². The van der Waals surface area contributed by atoms with Crippen LogP contribution in [0.25, 0.3) is 0 Å². The average molecular weight is 426 g/mol. The molecule has 0 radical (unpaired) electrons. The first-order valence-corrected chi connectivity index (χ1v) is 12.4. The largest absolute Gasteiger partial charge is 0.390 e. The maximum absolute atomic E-state index is 13.3. The normalized spacial score (nSPS) is 40.3. The van der Waals surface area contributed by atoms with Crippen molar-refractivity contribution in [3.05, 3.63) is 18.0 Å². The monoisotopic (exact) mass is 425 g/mol. The lowest BCUT2D eigenvalue weighted by molar-refractivity contribution is -0.130. The number of rotatable bonds is 6. The van der Waals surface area contributed by atoms with E-state index in [1.54, 1.807) is 10.9 Å². The summed E-state index contributed by atoms with van der Waals surface area (Å²) in [7, 11) is 0. The van der Waals surface area contributed by atoms with Gasteiger partial charge in [-0.3, -0.25) is 9.48 Å². The van der Waals surface area contributed by atoms with Gasteiger partial charge in [0, 0.05) is 12.1 Å². The minimum atomic E-state index is -0.470. The van der Waals surface area contributed by atoms with Crippen molar-refractivity contribution in [2.75, 3.05) is 0 Å². The number of aromatic nitrogens is 2. The predicted molar refractivity (Wildman–Crippen MR) is 120 cm³/mol. The molecule has 5 atom stereocenters. The van der Waals surface area contributed by atoms with Gasteiger partial charge in [0.25, 0.3) is 0 Å². The predicted octanol–water partition coefficient (Wildman–Crippen LogP) is 5.12. The number of carbonyl (C=O) groups is 1. The van der Waals surface area contributed by atoms with Crippen molar-refractivity contribution in [1.29, 1.82) is 5.26 Å². The van der Waals surface area contributed by atoms with Crippen LogP contribution in [-0.4, -0.2) is 26.3 Å². The van der Waals surface area contributed by atoms with Gasteiger partial charge in [-0.05, 0) is 87.4 Å². The fourth-order valence-corrected chi connectivity index (χ4v) is 7.65. The molecule has 5 heteroatoms.